The lowest BCUT2D eigenvalue weighted by Gasteiger charge is -2.14. The van der Waals surface area contributed by atoms with Crippen molar-refractivity contribution < 1.29 is 4.74 Å². The van der Waals surface area contributed by atoms with Crippen molar-refractivity contribution in [1.29, 1.82) is 0 Å². The average Bonchev–Trinajstić information content (AvgIpc) is 2.32. The second-order valence-corrected chi connectivity index (χ2v) is 4.01. The molecule has 1 rings (SSSR count). The van der Waals surface area contributed by atoms with Crippen LogP contribution in [0.1, 0.15) is 39.5 Å². The van der Waals surface area contributed by atoms with Gasteiger partial charge >= 0.3 is 0 Å². The largest absolute Gasteiger partial charge is 0.476 e. The Balaban J connectivity index is 2.34. The number of rotatable bonds is 7. The van der Waals surface area contributed by atoms with Crippen LogP contribution in [0.15, 0.2) is 12.4 Å². The molecule has 0 fully saturated rings. The number of hydrogen-bond acceptors (Lipinski definition) is 4. The zero-order valence-electron chi connectivity index (χ0n) is 10.1. The molecule has 1 unspecified atom stereocenters. The predicted molar refractivity (Wildman–Crippen MR) is 65.2 cm³/mol. The molecule has 4 nitrogen and oxygen atoms in total. The van der Waals surface area contributed by atoms with Crippen LogP contribution in [-0.4, -0.2) is 16.6 Å². The van der Waals surface area contributed by atoms with Crippen LogP contribution < -0.4 is 10.5 Å². The summed E-state index contributed by atoms with van der Waals surface area (Å²) in [5.41, 5.74) is 5.45. The number of ether oxygens (including phenoxy) is 1. The van der Waals surface area contributed by atoms with E-state index in [9.17, 15) is 0 Å². The Hall–Kier alpha value is -1.32. The minimum absolute atomic E-state index is 0.422. The summed E-state index contributed by atoms with van der Waals surface area (Å²) in [4.78, 5) is 7.99. The molecule has 0 saturated heterocycles. The summed E-state index contributed by atoms with van der Waals surface area (Å²) in [6.45, 7) is 5.12. The molecular weight excluding hydrogens is 202 g/mol. The second-order valence-electron chi connectivity index (χ2n) is 4.01. The van der Waals surface area contributed by atoms with E-state index in [-0.39, 0.29) is 0 Å². The SMILES string of the molecule is CCCCC(CC)COc1cnc(N)cn1. The van der Waals surface area contributed by atoms with Crippen LogP contribution in [0.4, 0.5) is 5.82 Å². The average molecular weight is 223 g/mol. The molecule has 0 aliphatic rings. The topological polar surface area (TPSA) is 61.0 Å². The number of hydrogen-bond donors (Lipinski definition) is 1. The van der Waals surface area contributed by atoms with E-state index >= 15 is 0 Å². The minimum atomic E-state index is 0.422. The molecule has 90 valence electrons. The fraction of sp³-hybridized carbons (Fsp3) is 0.667. The molecule has 2 N–H and O–H groups in total. The predicted octanol–water partition coefficient (Wildman–Crippen LogP) is 2.65. The third-order valence-electron chi connectivity index (χ3n) is 2.66. The van der Waals surface area contributed by atoms with Gasteiger partial charge in [0.2, 0.25) is 5.88 Å². The number of nitrogen functional groups attached to an aromatic ring is 1. The lowest BCUT2D eigenvalue weighted by molar-refractivity contribution is 0.225. The first-order valence-electron chi connectivity index (χ1n) is 5.96. The Bertz CT molecular complexity index is 287. The Kier molecular flexibility index (Phi) is 5.61. The quantitative estimate of drug-likeness (QED) is 0.772. The lowest BCUT2D eigenvalue weighted by Crippen LogP contribution is -2.12. The first kappa shape index (κ1) is 12.7. The van der Waals surface area contributed by atoms with E-state index in [1.54, 1.807) is 6.20 Å². The molecule has 0 amide bonds. The zero-order valence-corrected chi connectivity index (χ0v) is 10.1. The molecule has 1 aromatic heterocycles. The molecule has 0 bridgehead atoms. The van der Waals surface area contributed by atoms with E-state index in [1.165, 1.54) is 25.5 Å². The van der Waals surface area contributed by atoms with Crippen LogP contribution >= 0.6 is 0 Å². The van der Waals surface area contributed by atoms with Gasteiger partial charge in [0.1, 0.15) is 5.82 Å². The minimum Gasteiger partial charge on any atom is -0.476 e. The highest BCUT2D eigenvalue weighted by molar-refractivity contribution is 5.24. The molecule has 4 heteroatoms. The Labute approximate surface area is 97.2 Å². The summed E-state index contributed by atoms with van der Waals surface area (Å²) in [6.07, 6.45) is 7.94. The van der Waals surface area contributed by atoms with Gasteiger partial charge in [0.15, 0.2) is 0 Å². The van der Waals surface area contributed by atoms with Crippen LogP contribution in [-0.2, 0) is 0 Å². The van der Waals surface area contributed by atoms with Gasteiger partial charge in [-0.15, -0.1) is 0 Å². The van der Waals surface area contributed by atoms with Gasteiger partial charge in [-0.05, 0) is 12.3 Å². The Morgan fingerprint density at radius 3 is 2.69 bits per heavy atom. The highest BCUT2D eigenvalue weighted by Crippen LogP contribution is 2.14. The zero-order chi connectivity index (χ0) is 11.8. The van der Waals surface area contributed by atoms with Crippen molar-refractivity contribution in [2.45, 2.75) is 39.5 Å². The van der Waals surface area contributed by atoms with Crippen LogP contribution in [0, 0.1) is 5.92 Å². The van der Waals surface area contributed by atoms with E-state index in [2.05, 4.69) is 23.8 Å². The van der Waals surface area contributed by atoms with E-state index in [1.807, 2.05) is 0 Å². The Morgan fingerprint density at radius 1 is 1.31 bits per heavy atom. The number of unbranched alkanes of at least 4 members (excludes halogenated alkanes) is 1. The van der Waals surface area contributed by atoms with E-state index in [4.69, 9.17) is 10.5 Å². The molecular formula is C12H21N3O. The van der Waals surface area contributed by atoms with Crippen LogP contribution in [0.3, 0.4) is 0 Å². The van der Waals surface area contributed by atoms with Crippen molar-refractivity contribution >= 4 is 5.82 Å². The summed E-state index contributed by atoms with van der Waals surface area (Å²) < 4.78 is 5.58. The lowest BCUT2D eigenvalue weighted by atomic mass is 10.0. The third kappa shape index (κ3) is 4.47. The van der Waals surface area contributed by atoms with Crippen molar-refractivity contribution in [3.8, 4) is 5.88 Å². The maximum atomic E-state index is 5.58. The molecule has 0 aromatic carbocycles. The summed E-state index contributed by atoms with van der Waals surface area (Å²) in [7, 11) is 0. The van der Waals surface area contributed by atoms with Crippen LogP contribution in [0.5, 0.6) is 5.88 Å². The van der Waals surface area contributed by atoms with Crippen molar-refractivity contribution in [1.82, 2.24) is 9.97 Å². The van der Waals surface area contributed by atoms with Crippen LogP contribution in [0.2, 0.25) is 0 Å². The molecule has 1 aromatic rings. The number of nitrogens with zero attached hydrogens (tertiary/aromatic N) is 2. The van der Waals surface area contributed by atoms with Gasteiger partial charge in [-0.25, -0.2) is 9.97 Å². The third-order valence-corrected chi connectivity index (χ3v) is 2.66. The summed E-state index contributed by atoms with van der Waals surface area (Å²) in [6, 6.07) is 0. The molecule has 0 spiro atoms. The van der Waals surface area contributed by atoms with Crippen molar-refractivity contribution in [3.63, 3.8) is 0 Å². The van der Waals surface area contributed by atoms with Gasteiger partial charge < -0.3 is 10.5 Å². The van der Waals surface area contributed by atoms with Gasteiger partial charge in [-0.2, -0.15) is 0 Å². The molecule has 1 heterocycles. The highest BCUT2D eigenvalue weighted by Gasteiger charge is 2.07. The fourth-order valence-corrected chi connectivity index (χ4v) is 1.50. The van der Waals surface area contributed by atoms with Gasteiger partial charge in [0, 0.05) is 0 Å². The maximum absolute atomic E-state index is 5.58. The van der Waals surface area contributed by atoms with Gasteiger partial charge in [0.25, 0.3) is 0 Å². The first-order chi connectivity index (χ1) is 7.76. The number of nitrogens with two attached hydrogens (primary N) is 1. The maximum Gasteiger partial charge on any atom is 0.232 e. The van der Waals surface area contributed by atoms with Crippen molar-refractivity contribution in [2.75, 3.05) is 12.3 Å². The normalized spacial score (nSPS) is 12.4. The Morgan fingerprint density at radius 2 is 2.12 bits per heavy atom. The number of aromatic nitrogens is 2. The molecule has 16 heavy (non-hydrogen) atoms. The van der Waals surface area contributed by atoms with E-state index in [0.29, 0.717) is 17.6 Å². The standard InChI is InChI=1S/C12H21N3O/c1-3-5-6-10(4-2)9-16-12-8-14-11(13)7-15-12/h7-8,10H,3-6,9H2,1-2H3,(H2,13,14). The van der Waals surface area contributed by atoms with E-state index in [0.717, 1.165) is 13.0 Å². The molecule has 1 atom stereocenters. The fourth-order valence-electron chi connectivity index (χ4n) is 1.50. The molecule has 0 aliphatic heterocycles. The second kappa shape index (κ2) is 7.04. The summed E-state index contributed by atoms with van der Waals surface area (Å²) in [5, 5.41) is 0. The molecule has 0 saturated carbocycles. The van der Waals surface area contributed by atoms with E-state index < -0.39 is 0 Å². The highest BCUT2D eigenvalue weighted by atomic mass is 16.5. The first-order valence-corrected chi connectivity index (χ1v) is 5.96. The summed E-state index contributed by atoms with van der Waals surface area (Å²) >= 11 is 0. The number of anilines is 1. The van der Waals surface area contributed by atoms with Gasteiger partial charge in [-0.1, -0.05) is 33.1 Å². The van der Waals surface area contributed by atoms with Crippen molar-refractivity contribution in [2.24, 2.45) is 5.92 Å². The van der Waals surface area contributed by atoms with Gasteiger partial charge in [-0.3, -0.25) is 0 Å². The summed E-state index contributed by atoms with van der Waals surface area (Å²) in [5.74, 6) is 1.59. The van der Waals surface area contributed by atoms with Crippen LogP contribution in [0.25, 0.3) is 0 Å². The van der Waals surface area contributed by atoms with Gasteiger partial charge in [0.05, 0.1) is 19.0 Å². The molecule has 0 radical (unpaired) electrons. The van der Waals surface area contributed by atoms with Crippen molar-refractivity contribution in [3.05, 3.63) is 12.4 Å². The smallest absolute Gasteiger partial charge is 0.232 e. The monoisotopic (exact) mass is 223 g/mol. The molecule has 0 aliphatic carbocycles.